The number of pyridine rings is 1. The molecule has 1 aromatic heterocycles. The highest BCUT2D eigenvalue weighted by Gasteiger charge is 2.65. The van der Waals surface area contributed by atoms with E-state index >= 15 is 0 Å². The lowest BCUT2D eigenvalue weighted by atomic mass is 10.1. The second kappa shape index (κ2) is 4.35. The Labute approximate surface area is 113 Å². The van der Waals surface area contributed by atoms with E-state index in [1.807, 2.05) is 0 Å². The van der Waals surface area contributed by atoms with Crippen LogP contribution in [0.3, 0.4) is 0 Å². The van der Waals surface area contributed by atoms with Crippen LogP contribution in [0.5, 0.6) is 0 Å². The molecule has 18 heavy (non-hydrogen) atoms. The predicted octanol–water partition coefficient (Wildman–Crippen LogP) is 2.14. The number of rotatable bonds is 3. The highest BCUT2D eigenvalue weighted by Crippen LogP contribution is 2.58. The number of hydrogen-bond acceptors (Lipinski definition) is 3. The maximum Gasteiger partial charge on any atom is 0.307 e. The van der Waals surface area contributed by atoms with Crippen molar-refractivity contribution in [2.45, 2.75) is 13.8 Å². The average molecular weight is 313 g/mol. The second-order valence-electron chi connectivity index (χ2n) is 4.95. The van der Waals surface area contributed by atoms with Gasteiger partial charge in [0.05, 0.1) is 17.5 Å². The van der Waals surface area contributed by atoms with Crippen LogP contribution >= 0.6 is 15.9 Å². The fraction of sp³-hybridized carbons (Fsp3) is 0.417. The van der Waals surface area contributed by atoms with Crippen molar-refractivity contribution in [2.75, 3.05) is 5.32 Å². The molecule has 1 amide bonds. The van der Waals surface area contributed by atoms with Crippen molar-refractivity contribution in [3.63, 3.8) is 0 Å². The lowest BCUT2D eigenvalue weighted by Gasteiger charge is -2.06. The molecule has 2 rings (SSSR count). The topological polar surface area (TPSA) is 79.3 Å². The number of nitrogens with zero attached hydrogens (tertiary/aromatic N) is 1. The molecule has 1 aliphatic rings. The number of hydrogen-bond donors (Lipinski definition) is 2. The summed E-state index contributed by atoms with van der Waals surface area (Å²) in [7, 11) is 0. The van der Waals surface area contributed by atoms with Crippen LogP contribution in [-0.2, 0) is 9.59 Å². The molecule has 5 nitrogen and oxygen atoms in total. The first-order valence-electron chi connectivity index (χ1n) is 5.50. The maximum absolute atomic E-state index is 12.0. The molecule has 0 aliphatic heterocycles. The van der Waals surface area contributed by atoms with Crippen LogP contribution in [0.25, 0.3) is 0 Å². The van der Waals surface area contributed by atoms with Crippen LogP contribution in [-0.4, -0.2) is 22.0 Å². The van der Waals surface area contributed by atoms with Gasteiger partial charge >= 0.3 is 5.97 Å². The molecule has 0 aromatic carbocycles. The molecule has 1 heterocycles. The summed E-state index contributed by atoms with van der Waals surface area (Å²) in [5.41, 5.74) is 0.0549. The summed E-state index contributed by atoms with van der Waals surface area (Å²) < 4.78 is 0.531. The summed E-state index contributed by atoms with van der Waals surface area (Å²) in [4.78, 5) is 27.0. The van der Waals surface area contributed by atoms with E-state index in [-0.39, 0.29) is 5.91 Å². The van der Waals surface area contributed by atoms with Gasteiger partial charge in [0, 0.05) is 6.20 Å². The second-order valence-corrected chi connectivity index (χ2v) is 5.70. The minimum absolute atomic E-state index is 0.277. The Balaban J connectivity index is 2.11. The van der Waals surface area contributed by atoms with Gasteiger partial charge < -0.3 is 10.4 Å². The van der Waals surface area contributed by atoms with E-state index < -0.39 is 23.2 Å². The van der Waals surface area contributed by atoms with E-state index in [1.165, 1.54) is 0 Å². The van der Waals surface area contributed by atoms with Crippen molar-refractivity contribution < 1.29 is 14.7 Å². The molecule has 96 valence electrons. The fourth-order valence-corrected chi connectivity index (χ4v) is 2.63. The molecule has 0 unspecified atom stereocenters. The van der Waals surface area contributed by atoms with Crippen LogP contribution in [0.4, 0.5) is 5.69 Å². The minimum atomic E-state index is -0.926. The summed E-state index contributed by atoms with van der Waals surface area (Å²) in [6.45, 7) is 3.57. The van der Waals surface area contributed by atoms with Crippen LogP contribution in [0.2, 0.25) is 0 Å². The lowest BCUT2D eigenvalue weighted by molar-refractivity contribution is -0.140. The van der Waals surface area contributed by atoms with E-state index in [0.717, 1.165) is 0 Å². The van der Waals surface area contributed by atoms with E-state index in [0.29, 0.717) is 10.3 Å². The van der Waals surface area contributed by atoms with Crippen LogP contribution in [0.15, 0.2) is 22.9 Å². The van der Waals surface area contributed by atoms with Crippen molar-refractivity contribution in [1.82, 2.24) is 4.98 Å². The number of anilines is 1. The van der Waals surface area contributed by atoms with Crippen LogP contribution in [0, 0.1) is 17.3 Å². The molecule has 0 spiro atoms. The van der Waals surface area contributed by atoms with Gasteiger partial charge in [-0.05, 0) is 33.5 Å². The molecular weight excluding hydrogens is 300 g/mol. The van der Waals surface area contributed by atoms with Crippen molar-refractivity contribution in [2.24, 2.45) is 17.3 Å². The summed E-state index contributed by atoms with van der Waals surface area (Å²) >= 11 is 3.22. The van der Waals surface area contributed by atoms with Crippen molar-refractivity contribution in [3.8, 4) is 0 Å². The van der Waals surface area contributed by atoms with E-state index in [4.69, 9.17) is 5.11 Å². The smallest absolute Gasteiger partial charge is 0.307 e. The summed E-state index contributed by atoms with van der Waals surface area (Å²) in [5.74, 6) is -2.32. The summed E-state index contributed by atoms with van der Waals surface area (Å²) in [6.07, 6.45) is 1.60. The molecule has 0 saturated heterocycles. The number of carbonyl (C=O) groups is 2. The highest BCUT2D eigenvalue weighted by atomic mass is 79.9. The standard InChI is InChI=1S/C12H13BrN2O3/c1-12(2)7(8(12)11(17)18)10(16)15-6-4-3-5-14-9(6)13/h3-5,7-8H,1-2H3,(H,15,16)(H,17,18)/t7-,8+/m1/s1. The quantitative estimate of drug-likeness (QED) is 0.838. The zero-order valence-corrected chi connectivity index (χ0v) is 11.6. The Kier molecular flexibility index (Phi) is 3.14. The first kappa shape index (κ1) is 13.0. The van der Waals surface area contributed by atoms with E-state index in [2.05, 4.69) is 26.2 Å². The molecule has 6 heteroatoms. The minimum Gasteiger partial charge on any atom is -0.481 e. The SMILES string of the molecule is CC1(C)[C@H](C(=O)O)[C@@H]1C(=O)Nc1cccnc1Br. The largest absolute Gasteiger partial charge is 0.481 e. The van der Waals surface area contributed by atoms with E-state index in [1.54, 1.807) is 32.2 Å². The number of aromatic nitrogens is 1. The number of carbonyl (C=O) groups excluding carboxylic acids is 1. The van der Waals surface area contributed by atoms with Gasteiger partial charge in [0.25, 0.3) is 0 Å². The molecule has 1 fully saturated rings. The molecule has 0 radical (unpaired) electrons. The number of halogens is 1. The molecular formula is C12H13BrN2O3. The monoisotopic (exact) mass is 312 g/mol. The van der Waals surface area contributed by atoms with Gasteiger partial charge in [0.1, 0.15) is 4.60 Å². The molecule has 1 aromatic rings. The van der Waals surface area contributed by atoms with Gasteiger partial charge in [0.2, 0.25) is 5.91 Å². The van der Waals surface area contributed by atoms with Crippen molar-refractivity contribution in [1.29, 1.82) is 0 Å². The third-order valence-electron chi connectivity index (χ3n) is 3.39. The number of carboxylic acid groups (broad SMARTS) is 1. The van der Waals surface area contributed by atoms with Crippen LogP contribution in [0.1, 0.15) is 13.8 Å². The summed E-state index contributed by atoms with van der Waals surface area (Å²) in [5, 5.41) is 11.7. The number of aliphatic carboxylic acids is 1. The Morgan fingerprint density at radius 2 is 2.11 bits per heavy atom. The van der Waals surface area contributed by atoms with Crippen molar-refractivity contribution in [3.05, 3.63) is 22.9 Å². The molecule has 2 N–H and O–H groups in total. The number of nitrogens with one attached hydrogen (secondary N) is 1. The molecule has 0 bridgehead atoms. The zero-order valence-electron chi connectivity index (χ0n) is 9.98. The Bertz CT molecular complexity index is 516. The third-order valence-corrected chi connectivity index (χ3v) is 4.02. The van der Waals surface area contributed by atoms with Crippen molar-refractivity contribution >= 4 is 33.5 Å². The Morgan fingerprint density at radius 1 is 1.44 bits per heavy atom. The van der Waals surface area contributed by atoms with Gasteiger partial charge in [-0.15, -0.1) is 0 Å². The Morgan fingerprint density at radius 3 is 2.61 bits per heavy atom. The maximum atomic E-state index is 12.0. The van der Waals surface area contributed by atoms with Gasteiger partial charge in [-0.25, -0.2) is 4.98 Å². The normalized spacial score (nSPS) is 24.4. The highest BCUT2D eigenvalue weighted by molar-refractivity contribution is 9.10. The molecule has 1 saturated carbocycles. The van der Waals surface area contributed by atoms with Gasteiger partial charge in [0.15, 0.2) is 0 Å². The van der Waals surface area contributed by atoms with Crippen LogP contribution < -0.4 is 5.32 Å². The average Bonchev–Trinajstić information content (AvgIpc) is 2.85. The molecule has 1 aliphatic carbocycles. The molecule has 2 atom stereocenters. The first-order valence-corrected chi connectivity index (χ1v) is 6.29. The van der Waals surface area contributed by atoms with E-state index in [9.17, 15) is 9.59 Å². The van der Waals surface area contributed by atoms with Gasteiger partial charge in [-0.2, -0.15) is 0 Å². The number of carboxylic acids is 1. The predicted molar refractivity (Wildman–Crippen MR) is 69.0 cm³/mol. The van der Waals surface area contributed by atoms with Gasteiger partial charge in [-0.1, -0.05) is 13.8 Å². The first-order chi connectivity index (χ1) is 8.35. The van der Waals surface area contributed by atoms with Gasteiger partial charge in [-0.3, -0.25) is 9.59 Å². The Hall–Kier alpha value is -1.43. The zero-order chi connectivity index (χ0) is 13.5. The fourth-order valence-electron chi connectivity index (χ4n) is 2.28. The lowest BCUT2D eigenvalue weighted by Crippen LogP contribution is -2.18. The number of amides is 1. The summed E-state index contributed by atoms with van der Waals surface area (Å²) in [6, 6.07) is 3.41. The third kappa shape index (κ3) is 2.12.